The van der Waals surface area contributed by atoms with Gasteiger partial charge in [0.25, 0.3) is 0 Å². The summed E-state index contributed by atoms with van der Waals surface area (Å²) < 4.78 is 12.7. The van der Waals surface area contributed by atoms with E-state index in [9.17, 15) is 0 Å². The summed E-state index contributed by atoms with van der Waals surface area (Å²) in [6.07, 6.45) is 2.95. The van der Waals surface area contributed by atoms with Gasteiger partial charge < -0.3 is 8.83 Å². The highest BCUT2D eigenvalue weighted by molar-refractivity contribution is 6.26. The summed E-state index contributed by atoms with van der Waals surface area (Å²) in [6.45, 7) is 0. The molecule has 0 N–H and O–H groups in total. The first-order chi connectivity index (χ1) is 23.3. The number of rotatable bonds is 5. The highest BCUT2D eigenvalue weighted by Gasteiger charge is 2.19. The summed E-state index contributed by atoms with van der Waals surface area (Å²) in [6, 6.07) is 52.3. The second kappa shape index (κ2) is 10.3. The summed E-state index contributed by atoms with van der Waals surface area (Å²) in [7, 11) is 0. The number of furan rings is 2. The van der Waals surface area contributed by atoms with Crippen molar-refractivity contribution in [1.29, 1.82) is 0 Å². The largest absolute Gasteiger partial charge is 0.456 e. The zero-order chi connectivity index (χ0) is 30.9. The van der Waals surface area contributed by atoms with E-state index in [1.54, 1.807) is 0 Å². The van der Waals surface area contributed by atoms with Gasteiger partial charge in [0.15, 0.2) is 0 Å². The van der Waals surface area contributed by atoms with E-state index in [0.29, 0.717) is 0 Å². The SMILES string of the molecule is c1ccc2c(-c3c4ccccc4c(CCCc4cccc5oc6ccc7oc8ccccc8c7c6c45)c4ccccc34)cccc2c1. The lowest BCUT2D eigenvalue weighted by molar-refractivity contribution is 0.662. The molecule has 2 heteroatoms. The first kappa shape index (κ1) is 26.4. The molecule has 8 aromatic carbocycles. The normalized spacial score (nSPS) is 12.1. The lowest BCUT2D eigenvalue weighted by atomic mass is 9.85. The average molecular weight is 603 g/mol. The summed E-state index contributed by atoms with van der Waals surface area (Å²) >= 11 is 0. The number of para-hydroxylation sites is 1. The monoisotopic (exact) mass is 602 g/mol. The fourth-order valence-electron chi connectivity index (χ4n) is 8.08. The van der Waals surface area contributed by atoms with Crippen molar-refractivity contribution in [2.24, 2.45) is 0 Å². The van der Waals surface area contributed by atoms with Gasteiger partial charge in [-0.2, -0.15) is 0 Å². The molecule has 10 aromatic rings. The van der Waals surface area contributed by atoms with Crippen LogP contribution in [0, 0.1) is 0 Å². The molecule has 0 aliphatic carbocycles. The van der Waals surface area contributed by atoms with Crippen molar-refractivity contribution >= 4 is 76.2 Å². The fourth-order valence-corrected chi connectivity index (χ4v) is 8.08. The van der Waals surface area contributed by atoms with Crippen LogP contribution < -0.4 is 0 Å². The molecule has 2 heterocycles. The Morgan fingerprint density at radius 3 is 1.70 bits per heavy atom. The van der Waals surface area contributed by atoms with Crippen LogP contribution >= 0.6 is 0 Å². The summed E-state index contributed by atoms with van der Waals surface area (Å²) in [5.41, 5.74) is 9.01. The molecule has 0 fully saturated rings. The van der Waals surface area contributed by atoms with Crippen molar-refractivity contribution in [3.8, 4) is 11.1 Å². The third-order valence-electron chi connectivity index (χ3n) is 10.1. The van der Waals surface area contributed by atoms with Gasteiger partial charge in [-0.05, 0) is 98.1 Å². The molecule has 222 valence electrons. The van der Waals surface area contributed by atoms with E-state index in [0.717, 1.165) is 57.8 Å². The molecule has 0 aliphatic rings. The zero-order valence-corrected chi connectivity index (χ0v) is 25.8. The maximum atomic E-state index is 6.44. The molecule has 2 nitrogen and oxygen atoms in total. The second-order valence-corrected chi connectivity index (χ2v) is 12.6. The Morgan fingerprint density at radius 2 is 0.915 bits per heavy atom. The van der Waals surface area contributed by atoms with Gasteiger partial charge in [0.1, 0.15) is 22.3 Å². The highest BCUT2D eigenvalue weighted by Crippen LogP contribution is 2.44. The Labute approximate surface area is 271 Å². The molecule has 0 saturated heterocycles. The highest BCUT2D eigenvalue weighted by atomic mass is 16.3. The minimum Gasteiger partial charge on any atom is -0.456 e. The minimum absolute atomic E-state index is 0.903. The molecular formula is C45H30O2. The zero-order valence-electron chi connectivity index (χ0n) is 25.8. The van der Waals surface area contributed by atoms with Crippen LogP contribution in [0.25, 0.3) is 87.3 Å². The van der Waals surface area contributed by atoms with Gasteiger partial charge in [-0.25, -0.2) is 0 Å². The fraction of sp³-hybridized carbons (Fsp3) is 0.0667. The van der Waals surface area contributed by atoms with Crippen molar-refractivity contribution in [3.63, 3.8) is 0 Å². The van der Waals surface area contributed by atoms with E-state index in [1.807, 2.05) is 18.2 Å². The number of aryl methyl sites for hydroxylation is 2. The van der Waals surface area contributed by atoms with Crippen LogP contribution in [0.4, 0.5) is 0 Å². The molecule has 0 unspecified atom stereocenters. The summed E-state index contributed by atoms with van der Waals surface area (Å²) in [5.74, 6) is 0. The molecule has 47 heavy (non-hydrogen) atoms. The Balaban J connectivity index is 1.11. The van der Waals surface area contributed by atoms with Crippen LogP contribution in [0.3, 0.4) is 0 Å². The molecule has 10 rings (SSSR count). The summed E-state index contributed by atoms with van der Waals surface area (Å²) in [5, 5.41) is 12.5. The molecule has 0 radical (unpaired) electrons. The first-order valence-corrected chi connectivity index (χ1v) is 16.5. The van der Waals surface area contributed by atoms with E-state index in [2.05, 4.69) is 127 Å². The molecule has 0 atom stereocenters. The summed E-state index contributed by atoms with van der Waals surface area (Å²) in [4.78, 5) is 0. The van der Waals surface area contributed by atoms with Crippen molar-refractivity contribution in [2.75, 3.05) is 0 Å². The maximum Gasteiger partial charge on any atom is 0.136 e. The molecule has 0 spiro atoms. The van der Waals surface area contributed by atoms with Gasteiger partial charge in [0.2, 0.25) is 0 Å². The van der Waals surface area contributed by atoms with Crippen LogP contribution in [-0.4, -0.2) is 0 Å². The number of hydrogen-bond acceptors (Lipinski definition) is 2. The standard InChI is InChI=1S/C45H30O2/c1-2-16-30-28(12-1)13-9-23-34(30)43-35-19-5-3-17-32(35)31(33-18-4-6-20-36(33)43)22-10-14-29-15-11-25-39-42(29)45-41(47-39)27-26-40-44(45)37-21-7-8-24-38(37)46-40/h1-9,11-13,15-21,23-27H,10,14,22H2. The van der Waals surface area contributed by atoms with E-state index < -0.39 is 0 Å². The quantitative estimate of drug-likeness (QED) is 0.183. The van der Waals surface area contributed by atoms with Crippen LogP contribution in [0.15, 0.2) is 154 Å². The van der Waals surface area contributed by atoms with E-state index in [4.69, 9.17) is 8.83 Å². The Kier molecular flexibility index (Phi) is 5.80. The topological polar surface area (TPSA) is 26.3 Å². The number of hydrogen-bond donors (Lipinski definition) is 0. The van der Waals surface area contributed by atoms with Crippen molar-refractivity contribution in [3.05, 3.63) is 157 Å². The van der Waals surface area contributed by atoms with E-state index in [1.165, 1.54) is 60.0 Å². The van der Waals surface area contributed by atoms with E-state index in [-0.39, 0.29) is 0 Å². The van der Waals surface area contributed by atoms with Crippen molar-refractivity contribution in [2.45, 2.75) is 19.3 Å². The second-order valence-electron chi connectivity index (χ2n) is 12.6. The first-order valence-electron chi connectivity index (χ1n) is 16.5. The smallest absolute Gasteiger partial charge is 0.136 e. The van der Waals surface area contributed by atoms with Gasteiger partial charge in [-0.1, -0.05) is 121 Å². The van der Waals surface area contributed by atoms with Crippen LogP contribution in [0.5, 0.6) is 0 Å². The Hall–Kier alpha value is -5.86. The Morgan fingerprint density at radius 1 is 0.362 bits per heavy atom. The molecule has 0 saturated carbocycles. The van der Waals surface area contributed by atoms with Crippen LogP contribution in [-0.2, 0) is 12.8 Å². The Bertz CT molecular complexity index is 2770. The average Bonchev–Trinajstić information content (AvgIpc) is 3.70. The minimum atomic E-state index is 0.903. The third kappa shape index (κ3) is 3.98. The molecular weight excluding hydrogens is 572 g/mol. The third-order valence-corrected chi connectivity index (χ3v) is 10.1. The number of fused-ring (bicyclic) bond motifs is 10. The lowest BCUT2D eigenvalue weighted by Crippen LogP contribution is -1.96. The van der Waals surface area contributed by atoms with Gasteiger partial charge >= 0.3 is 0 Å². The molecule has 0 amide bonds. The van der Waals surface area contributed by atoms with Gasteiger partial charge in [-0.3, -0.25) is 0 Å². The lowest BCUT2D eigenvalue weighted by Gasteiger charge is -2.18. The molecule has 0 bridgehead atoms. The van der Waals surface area contributed by atoms with Crippen LogP contribution in [0.2, 0.25) is 0 Å². The van der Waals surface area contributed by atoms with Crippen LogP contribution in [0.1, 0.15) is 17.5 Å². The molecule has 2 aromatic heterocycles. The van der Waals surface area contributed by atoms with Crippen molar-refractivity contribution < 1.29 is 8.83 Å². The van der Waals surface area contributed by atoms with E-state index >= 15 is 0 Å². The van der Waals surface area contributed by atoms with Crippen molar-refractivity contribution in [1.82, 2.24) is 0 Å². The van der Waals surface area contributed by atoms with Gasteiger partial charge in [0, 0.05) is 21.5 Å². The maximum absolute atomic E-state index is 6.44. The molecule has 0 aliphatic heterocycles. The van der Waals surface area contributed by atoms with Gasteiger partial charge in [0.05, 0.1) is 0 Å². The van der Waals surface area contributed by atoms with Gasteiger partial charge in [-0.15, -0.1) is 0 Å². The number of benzene rings is 8. The predicted octanol–water partition coefficient (Wildman–Crippen LogP) is 12.8. The predicted molar refractivity (Wildman–Crippen MR) is 197 cm³/mol.